The highest BCUT2D eigenvalue weighted by Crippen LogP contribution is 2.24. The van der Waals surface area contributed by atoms with Crippen molar-refractivity contribution in [2.75, 3.05) is 39.3 Å². The van der Waals surface area contributed by atoms with E-state index in [1.807, 2.05) is 0 Å². The van der Waals surface area contributed by atoms with Crippen molar-refractivity contribution < 1.29 is 0 Å². The maximum atomic E-state index is 3.69. The zero-order valence-corrected chi connectivity index (χ0v) is 15.6. The van der Waals surface area contributed by atoms with Crippen molar-refractivity contribution in [3.63, 3.8) is 0 Å². The van der Waals surface area contributed by atoms with Crippen LogP contribution >= 0.6 is 0 Å². The molecule has 3 rings (SSSR count). The molecule has 0 aromatic rings. The van der Waals surface area contributed by atoms with Crippen molar-refractivity contribution in [2.24, 2.45) is 11.8 Å². The summed E-state index contributed by atoms with van der Waals surface area (Å²) < 4.78 is 0. The van der Waals surface area contributed by atoms with Gasteiger partial charge < -0.3 is 10.2 Å². The molecule has 4 unspecified atom stereocenters. The predicted octanol–water partition coefficient (Wildman–Crippen LogP) is 3.35. The first-order valence-electron chi connectivity index (χ1n) is 10.4. The Morgan fingerprint density at radius 1 is 0.870 bits per heavy atom. The lowest BCUT2D eigenvalue weighted by molar-refractivity contribution is 0.154. The fraction of sp³-hybridized carbons (Fsp3) is 1.00. The summed E-state index contributed by atoms with van der Waals surface area (Å²) >= 11 is 0. The molecular formula is C20H39N3. The first-order chi connectivity index (χ1) is 11.2. The molecule has 0 spiro atoms. The maximum absolute atomic E-state index is 3.69. The third kappa shape index (κ3) is 5.44. The second kappa shape index (κ2) is 8.82. The summed E-state index contributed by atoms with van der Waals surface area (Å²) in [4.78, 5) is 5.60. The first kappa shape index (κ1) is 17.7. The summed E-state index contributed by atoms with van der Waals surface area (Å²) in [5, 5.41) is 3.69. The van der Waals surface area contributed by atoms with E-state index in [1.165, 1.54) is 90.6 Å². The van der Waals surface area contributed by atoms with Crippen molar-refractivity contribution in [2.45, 2.75) is 77.3 Å². The quantitative estimate of drug-likeness (QED) is 0.860. The van der Waals surface area contributed by atoms with Gasteiger partial charge in [0.05, 0.1) is 0 Å². The van der Waals surface area contributed by atoms with Gasteiger partial charge in [-0.25, -0.2) is 0 Å². The average molecular weight is 322 g/mol. The van der Waals surface area contributed by atoms with Gasteiger partial charge in [-0.15, -0.1) is 0 Å². The van der Waals surface area contributed by atoms with Gasteiger partial charge in [0.2, 0.25) is 0 Å². The van der Waals surface area contributed by atoms with Crippen LogP contribution in [0, 0.1) is 11.8 Å². The molecule has 0 aromatic heterocycles. The van der Waals surface area contributed by atoms with Gasteiger partial charge in [-0.05, 0) is 83.3 Å². The van der Waals surface area contributed by atoms with E-state index in [2.05, 4.69) is 29.0 Å². The van der Waals surface area contributed by atoms with Crippen LogP contribution in [-0.2, 0) is 0 Å². The Bertz CT molecular complexity index is 338. The van der Waals surface area contributed by atoms with Crippen molar-refractivity contribution in [3.05, 3.63) is 0 Å². The highest BCUT2D eigenvalue weighted by atomic mass is 15.2. The van der Waals surface area contributed by atoms with Crippen LogP contribution in [0.3, 0.4) is 0 Å². The van der Waals surface area contributed by atoms with Crippen LogP contribution in [0.5, 0.6) is 0 Å². The Morgan fingerprint density at radius 2 is 1.78 bits per heavy atom. The van der Waals surface area contributed by atoms with Gasteiger partial charge in [0.1, 0.15) is 0 Å². The summed E-state index contributed by atoms with van der Waals surface area (Å²) in [5.74, 6) is 1.86. The molecule has 0 bridgehead atoms. The topological polar surface area (TPSA) is 18.5 Å². The fourth-order valence-electron chi connectivity index (χ4n) is 5.01. The van der Waals surface area contributed by atoms with Gasteiger partial charge in [0.15, 0.2) is 0 Å². The van der Waals surface area contributed by atoms with Crippen molar-refractivity contribution >= 4 is 0 Å². The molecule has 0 radical (unpaired) electrons. The number of piperidine rings is 1. The molecule has 134 valence electrons. The molecule has 3 fully saturated rings. The first-order valence-corrected chi connectivity index (χ1v) is 10.4. The van der Waals surface area contributed by atoms with E-state index in [4.69, 9.17) is 0 Å². The monoisotopic (exact) mass is 321 g/mol. The molecule has 23 heavy (non-hydrogen) atoms. The van der Waals surface area contributed by atoms with Crippen LogP contribution in [0.2, 0.25) is 0 Å². The molecule has 0 amide bonds. The standard InChI is InChI=1S/C20H39N3/c1-17-6-3-4-11-22(15-17)16-19-7-5-12-23(13-10-19)20-9-8-18(2)21-14-20/h17-21H,3-16H2,1-2H3. The number of rotatable bonds is 3. The van der Waals surface area contributed by atoms with Crippen LogP contribution in [-0.4, -0.2) is 61.2 Å². The summed E-state index contributed by atoms with van der Waals surface area (Å²) in [6.07, 6.45) is 11.4. The van der Waals surface area contributed by atoms with Gasteiger partial charge >= 0.3 is 0 Å². The van der Waals surface area contributed by atoms with Gasteiger partial charge in [-0.2, -0.15) is 0 Å². The molecule has 4 atom stereocenters. The van der Waals surface area contributed by atoms with Crippen LogP contribution in [0.15, 0.2) is 0 Å². The van der Waals surface area contributed by atoms with Gasteiger partial charge in [-0.3, -0.25) is 4.90 Å². The molecule has 0 saturated carbocycles. The Labute approximate surface area is 144 Å². The third-order valence-electron chi connectivity index (χ3n) is 6.54. The SMILES string of the molecule is CC1CCCCN(CC2CCCN(C3CCC(C)NC3)CC2)C1. The summed E-state index contributed by atoms with van der Waals surface area (Å²) in [6, 6.07) is 1.54. The molecule has 1 N–H and O–H groups in total. The lowest BCUT2D eigenvalue weighted by atomic mass is 9.99. The zero-order valence-electron chi connectivity index (χ0n) is 15.6. The number of likely N-dealkylation sites (tertiary alicyclic amines) is 2. The Morgan fingerprint density at radius 3 is 2.61 bits per heavy atom. The van der Waals surface area contributed by atoms with E-state index < -0.39 is 0 Å². The van der Waals surface area contributed by atoms with Crippen LogP contribution < -0.4 is 5.32 Å². The minimum absolute atomic E-state index is 0.732. The number of hydrogen-bond donors (Lipinski definition) is 1. The molecule has 3 aliphatic rings. The van der Waals surface area contributed by atoms with E-state index in [0.29, 0.717) is 0 Å². The fourth-order valence-corrected chi connectivity index (χ4v) is 5.01. The summed E-state index contributed by atoms with van der Waals surface area (Å²) in [6.45, 7) is 12.8. The smallest absolute Gasteiger partial charge is 0.0221 e. The minimum atomic E-state index is 0.732. The lowest BCUT2D eigenvalue weighted by Crippen LogP contribution is -2.49. The van der Waals surface area contributed by atoms with Gasteiger partial charge in [-0.1, -0.05) is 13.3 Å². The van der Waals surface area contributed by atoms with Gasteiger partial charge in [0, 0.05) is 31.7 Å². The van der Waals surface area contributed by atoms with Crippen LogP contribution in [0.4, 0.5) is 0 Å². The number of nitrogens with one attached hydrogen (secondary N) is 1. The minimum Gasteiger partial charge on any atom is -0.313 e. The molecule has 3 heterocycles. The highest BCUT2D eigenvalue weighted by molar-refractivity contribution is 4.84. The second-order valence-corrected chi connectivity index (χ2v) is 8.73. The third-order valence-corrected chi connectivity index (χ3v) is 6.54. The van der Waals surface area contributed by atoms with E-state index in [-0.39, 0.29) is 0 Å². The molecule has 0 aromatic carbocycles. The van der Waals surface area contributed by atoms with Crippen molar-refractivity contribution in [1.29, 1.82) is 0 Å². The number of hydrogen-bond acceptors (Lipinski definition) is 3. The highest BCUT2D eigenvalue weighted by Gasteiger charge is 2.27. The van der Waals surface area contributed by atoms with Crippen LogP contribution in [0.1, 0.15) is 65.2 Å². The van der Waals surface area contributed by atoms with E-state index in [0.717, 1.165) is 23.9 Å². The van der Waals surface area contributed by atoms with Crippen molar-refractivity contribution in [3.8, 4) is 0 Å². The molecule has 3 nitrogen and oxygen atoms in total. The number of nitrogens with zero attached hydrogens (tertiary/aromatic N) is 2. The molecule has 3 aliphatic heterocycles. The van der Waals surface area contributed by atoms with Gasteiger partial charge in [0.25, 0.3) is 0 Å². The van der Waals surface area contributed by atoms with E-state index in [9.17, 15) is 0 Å². The Balaban J connectivity index is 1.44. The average Bonchev–Trinajstić information content (AvgIpc) is 2.89. The van der Waals surface area contributed by atoms with Crippen LogP contribution in [0.25, 0.3) is 0 Å². The molecule has 3 saturated heterocycles. The Hall–Kier alpha value is -0.120. The molecular weight excluding hydrogens is 282 g/mol. The molecule has 0 aliphatic carbocycles. The zero-order chi connectivity index (χ0) is 16.1. The maximum Gasteiger partial charge on any atom is 0.0221 e. The van der Waals surface area contributed by atoms with Crippen molar-refractivity contribution in [1.82, 2.24) is 15.1 Å². The molecule has 3 heteroatoms. The summed E-state index contributed by atoms with van der Waals surface area (Å²) in [7, 11) is 0. The Kier molecular flexibility index (Phi) is 6.79. The summed E-state index contributed by atoms with van der Waals surface area (Å²) in [5.41, 5.74) is 0. The lowest BCUT2D eigenvalue weighted by Gasteiger charge is -2.36. The largest absolute Gasteiger partial charge is 0.313 e. The normalized spacial score (nSPS) is 38.9. The predicted molar refractivity (Wildman–Crippen MR) is 98.9 cm³/mol. The van der Waals surface area contributed by atoms with E-state index in [1.54, 1.807) is 0 Å². The van der Waals surface area contributed by atoms with E-state index >= 15 is 0 Å². The second-order valence-electron chi connectivity index (χ2n) is 8.73.